The molecule has 0 saturated carbocycles. The second-order valence-electron chi connectivity index (χ2n) is 8.90. The standard InChI is InChI=1S/C24H24ClN7/c1-16-7-22(23(10-26-16)32-6-2-5-28-32)30-12-17-8-18(13-30)15-31(14-17)24-11-27-20-4-3-19(25)9-21(20)29-24/h2-7,9-11,17-18H,8,12-15H2,1H3. The van der Waals surface area contributed by atoms with E-state index in [1.54, 1.807) is 0 Å². The summed E-state index contributed by atoms with van der Waals surface area (Å²) in [4.78, 5) is 18.9. The van der Waals surface area contributed by atoms with Crippen molar-refractivity contribution in [2.45, 2.75) is 13.3 Å². The van der Waals surface area contributed by atoms with Gasteiger partial charge in [0.05, 0.1) is 29.1 Å². The van der Waals surface area contributed by atoms with Crippen molar-refractivity contribution in [2.24, 2.45) is 11.8 Å². The Balaban J connectivity index is 1.26. The fourth-order valence-corrected chi connectivity index (χ4v) is 5.34. The van der Waals surface area contributed by atoms with Gasteiger partial charge in [0.2, 0.25) is 0 Å². The van der Waals surface area contributed by atoms with E-state index >= 15 is 0 Å². The smallest absolute Gasteiger partial charge is 0.147 e. The summed E-state index contributed by atoms with van der Waals surface area (Å²) in [7, 11) is 0. The second kappa shape index (κ2) is 7.74. The Kier molecular flexibility index (Phi) is 4.72. The highest BCUT2D eigenvalue weighted by atomic mass is 35.5. The Labute approximate surface area is 191 Å². The second-order valence-corrected chi connectivity index (χ2v) is 9.34. The highest BCUT2D eigenvalue weighted by Crippen LogP contribution is 2.35. The third-order valence-corrected chi connectivity index (χ3v) is 6.72. The van der Waals surface area contributed by atoms with E-state index in [0.29, 0.717) is 16.9 Å². The Hall–Kier alpha value is -3.19. The molecule has 0 radical (unpaired) electrons. The van der Waals surface area contributed by atoms with Crippen LogP contribution >= 0.6 is 11.6 Å². The lowest BCUT2D eigenvalue weighted by atomic mass is 9.84. The highest BCUT2D eigenvalue weighted by molar-refractivity contribution is 6.31. The van der Waals surface area contributed by atoms with Crippen molar-refractivity contribution < 1.29 is 0 Å². The largest absolute Gasteiger partial charge is 0.369 e. The number of aryl methyl sites for hydroxylation is 1. The number of anilines is 2. The molecule has 2 saturated heterocycles. The van der Waals surface area contributed by atoms with Gasteiger partial charge in [-0.3, -0.25) is 9.97 Å². The van der Waals surface area contributed by atoms with Crippen LogP contribution in [0.3, 0.4) is 0 Å². The number of piperidine rings is 2. The van der Waals surface area contributed by atoms with Gasteiger partial charge in [-0.25, -0.2) is 9.67 Å². The van der Waals surface area contributed by atoms with Gasteiger partial charge in [-0.05, 0) is 55.5 Å². The molecule has 1 aromatic carbocycles. The molecule has 2 unspecified atom stereocenters. The normalized spacial score (nSPS) is 20.7. The molecule has 0 spiro atoms. The van der Waals surface area contributed by atoms with Crippen LogP contribution in [-0.2, 0) is 0 Å². The van der Waals surface area contributed by atoms with E-state index in [1.165, 1.54) is 12.1 Å². The predicted molar refractivity (Wildman–Crippen MR) is 127 cm³/mol. The minimum Gasteiger partial charge on any atom is -0.369 e. The number of nitrogens with zero attached hydrogens (tertiary/aromatic N) is 7. The number of rotatable bonds is 3. The van der Waals surface area contributed by atoms with Crippen molar-refractivity contribution in [1.29, 1.82) is 0 Å². The molecule has 2 fully saturated rings. The molecule has 32 heavy (non-hydrogen) atoms. The lowest BCUT2D eigenvalue weighted by molar-refractivity contribution is 0.275. The zero-order valence-corrected chi connectivity index (χ0v) is 18.7. The zero-order chi connectivity index (χ0) is 21.7. The Morgan fingerprint density at radius 2 is 1.72 bits per heavy atom. The van der Waals surface area contributed by atoms with Crippen LogP contribution in [0.5, 0.6) is 0 Å². The van der Waals surface area contributed by atoms with Gasteiger partial charge in [0.15, 0.2) is 0 Å². The summed E-state index contributed by atoms with van der Waals surface area (Å²) in [6, 6.07) is 9.81. The van der Waals surface area contributed by atoms with Crippen molar-refractivity contribution in [2.75, 3.05) is 36.0 Å². The lowest BCUT2D eigenvalue weighted by Gasteiger charge is -2.47. The van der Waals surface area contributed by atoms with E-state index in [-0.39, 0.29) is 0 Å². The molecule has 4 aromatic rings. The number of hydrogen-bond donors (Lipinski definition) is 0. The minimum atomic E-state index is 0.568. The van der Waals surface area contributed by atoms with Gasteiger partial charge in [0.1, 0.15) is 11.5 Å². The molecule has 162 valence electrons. The monoisotopic (exact) mass is 445 g/mol. The van der Waals surface area contributed by atoms with E-state index in [2.05, 4.69) is 30.9 Å². The quantitative estimate of drug-likeness (QED) is 0.472. The Morgan fingerprint density at radius 3 is 2.50 bits per heavy atom. The van der Waals surface area contributed by atoms with Crippen LogP contribution in [0.2, 0.25) is 5.02 Å². The molecule has 5 heterocycles. The van der Waals surface area contributed by atoms with Gasteiger partial charge < -0.3 is 9.80 Å². The first-order chi connectivity index (χ1) is 15.6. The van der Waals surface area contributed by atoms with Gasteiger partial charge in [0.25, 0.3) is 0 Å². The summed E-state index contributed by atoms with van der Waals surface area (Å²) in [5.41, 5.74) is 5.00. The van der Waals surface area contributed by atoms with Crippen molar-refractivity contribution in [3.8, 4) is 5.69 Å². The van der Waals surface area contributed by atoms with E-state index in [1.807, 2.05) is 60.7 Å². The van der Waals surface area contributed by atoms with Crippen molar-refractivity contribution in [3.63, 3.8) is 0 Å². The summed E-state index contributed by atoms with van der Waals surface area (Å²) < 4.78 is 1.91. The molecule has 6 rings (SSSR count). The van der Waals surface area contributed by atoms with Gasteiger partial charge in [-0.2, -0.15) is 5.10 Å². The first-order valence-electron chi connectivity index (χ1n) is 11.0. The fourth-order valence-electron chi connectivity index (χ4n) is 5.17. The predicted octanol–water partition coefficient (Wildman–Crippen LogP) is 4.14. The molecule has 2 atom stereocenters. The number of benzene rings is 1. The van der Waals surface area contributed by atoms with E-state index < -0.39 is 0 Å². The van der Waals surface area contributed by atoms with E-state index in [0.717, 1.165) is 54.4 Å². The molecule has 2 aliphatic heterocycles. The summed E-state index contributed by atoms with van der Waals surface area (Å²) in [6.07, 6.45) is 8.87. The average Bonchev–Trinajstić information content (AvgIpc) is 3.32. The van der Waals surface area contributed by atoms with Crippen molar-refractivity contribution in [1.82, 2.24) is 24.7 Å². The summed E-state index contributed by atoms with van der Waals surface area (Å²) in [5.74, 6) is 2.08. The lowest BCUT2D eigenvalue weighted by Crippen LogP contribution is -2.53. The Morgan fingerprint density at radius 1 is 0.906 bits per heavy atom. The number of hydrogen-bond acceptors (Lipinski definition) is 6. The number of fused-ring (bicyclic) bond motifs is 3. The van der Waals surface area contributed by atoms with Crippen LogP contribution in [-0.4, -0.2) is 50.9 Å². The molecule has 7 nitrogen and oxygen atoms in total. The topological polar surface area (TPSA) is 63.0 Å². The first-order valence-corrected chi connectivity index (χ1v) is 11.4. The molecule has 2 aliphatic rings. The maximum Gasteiger partial charge on any atom is 0.147 e. The van der Waals surface area contributed by atoms with Gasteiger partial charge >= 0.3 is 0 Å². The molecular weight excluding hydrogens is 422 g/mol. The molecular formula is C24H24ClN7. The minimum absolute atomic E-state index is 0.568. The van der Waals surface area contributed by atoms with Crippen LogP contribution in [0.1, 0.15) is 12.1 Å². The van der Waals surface area contributed by atoms with Crippen LogP contribution in [0.15, 0.2) is 55.1 Å². The number of pyridine rings is 1. The van der Waals surface area contributed by atoms with Crippen molar-refractivity contribution in [3.05, 3.63) is 65.8 Å². The Bertz CT molecular complexity index is 1260. The molecule has 2 bridgehead atoms. The van der Waals surface area contributed by atoms with Crippen LogP contribution in [0.4, 0.5) is 11.5 Å². The molecule has 0 amide bonds. The summed E-state index contributed by atoms with van der Waals surface area (Å²) in [5, 5.41) is 5.13. The van der Waals surface area contributed by atoms with Gasteiger partial charge in [-0.15, -0.1) is 0 Å². The first kappa shape index (κ1) is 19.5. The molecule has 0 aliphatic carbocycles. The van der Waals surface area contributed by atoms with Crippen molar-refractivity contribution >= 4 is 34.1 Å². The van der Waals surface area contributed by atoms with Gasteiger partial charge in [-0.1, -0.05) is 11.6 Å². The fraction of sp³-hybridized carbons (Fsp3) is 0.333. The number of aromatic nitrogens is 5. The molecule has 8 heteroatoms. The SMILES string of the molecule is Cc1cc(N2CC3CC(CN(c4cnc5ccc(Cl)cc5n4)C3)C2)c(-n2cccn2)cn1. The highest BCUT2D eigenvalue weighted by Gasteiger charge is 2.35. The van der Waals surface area contributed by atoms with Crippen LogP contribution < -0.4 is 9.80 Å². The maximum atomic E-state index is 6.17. The third-order valence-electron chi connectivity index (χ3n) is 6.49. The molecule has 0 N–H and O–H groups in total. The maximum absolute atomic E-state index is 6.17. The third kappa shape index (κ3) is 3.56. The molecule has 3 aromatic heterocycles. The average molecular weight is 446 g/mol. The van der Waals surface area contributed by atoms with Crippen LogP contribution in [0.25, 0.3) is 16.7 Å². The summed E-state index contributed by atoms with van der Waals surface area (Å²) in [6.45, 7) is 6.03. The van der Waals surface area contributed by atoms with Gasteiger partial charge in [0, 0.05) is 49.3 Å². The zero-order valence-electron chi connectivity index (χ0n) is 17.9. The van der Waals surface area contributed by atoms with Crippen LogP contribution in [0, 0.1) is 18.8 Å². The number of halogens is 1. The van der Waals surface area contributed by atoms with E-state index in [9.17, 15) is 0 Å². The van der Waals surface area contributed by atoms with E-state index in [4.69, 9.17) is 16.6 Å². The summed E-state index contributed by atoms with van der Waals surface area (Å²) >= 11 is 6.17.